The Labute approximate surface area is 126 Å². The number of likely N-dealkylation sites (N-methyl/N-ethyl adjacent to an activating group) is 1. The Bertz CT molecular complexity index is 401. The van der Waals surface area contributed by atoms with Crippen LogP contribution in [0.5, 0.6) is 0 Å². The Hall–Kier alpha value is -1.14. The molecule has 21 heavy (non-hydrogen) atoms. The van der Waals surface area contributed by atoms with E-state index in [9.17, 15) is 9.59 Å². The Kier molecular flexibility index (Phi) is 4.45. The zero-order valence-corrected chi connectivity index (χ0v) is 12.8. The number of carbonyl (C=O) groups is 2. The van der Waals surface area contributed by atoms with Gasteiger partial charge in [-0.05, 0) is 13.0 Å². The maximum atomic E-state index is 12.5. The van der Waals surface area contributed by atoms with E-state index in [2.05, 4.69) is 11.8 Å². The van der Waals surface area contributed by atoms with E-state index in [1.54, 1.807) is 0 Å². The summed E-state index contributed by atoms with van der Waals surface area (Å²) in [5, 5.41) is 0. The summed E-state index contributed by atoms with van der Waals surface area (Å²) < 4.78 is 5.27. The maximum Gasteiger partial charge on any atom is 0.226 e. The summed E-state index contributed by atoms with van der Waals surface area (Å²) in [6.45, 7) is 9.30. The first kappa shape index (κ1) is 14.8. The first-order valence-corrected chi connectivity index (χ1v) is 8.08. The first-order valence-electron chi connectivity index (χ1n) is 8.08. The van der Waals surface area contributed by atoms with Crippen LogP contribution >= 0.6 is 0 Å². The predicted octanol–water partition coefficient (Wildman–Crippen LogP) is -0.355. The number of hydrogen-bond donors (Lipinski definition) is 0. The summed E-state index contributed by atoms with van der Waals surface area (Å²) in [7, 11) is 0. The van der Waals surface area contributed by atoms with Crippen molar-refractivity contribution < 1.29 is 14.3 Å². The number of hydrogen-bond acceptors (Lipinski definition) is 4. The van der Waals surface area contributed by atoms with Gasteiger partial charge in [0.05, 0.1) is 25.0 Å². The molecule has 6 nitrogen and oxygen atoms in total. The highest BCUT2D eigenvalue weighted by Crippen LogP contribution is 2.41. The third kappa shape index (κ3) is 3.21. The minimum absolute atomic E-state index is 0.0616. The van der Waals surface area contributed by atoms with E-state index < -0.39 is 0 Å². The SMILES string of the molecule is CCN1CCN(C(=O)C2CC2C(=O)N2CCOCC2)CC1. The van der Waals surface area contributed by atoms with Gasteiger partial charge in [-0.15, -0.1) is 0 Å². The molecule has 0 bridgehead atoms. The van der Waals surface area contributed by atoms with Crippen LogP contribution in [0.1, 0.15) is 13.3 Å². The maximum absolute atomic E-state index is 12.5. The van der Waals surface area contributed by atoms with Gasteiger partial charge in [-0.2, -0.15) is 0 Å². The minimum atomic E-state index is -0.0696. The monoisotopic (exact) mass is 295 g/mol. The van der Waals surface area contributed by atoms with Crippen molar-refractivity contribution in [3.05, 3.63) is 0 Å². The molecule has 118 valence electrons. The Morgan fingerprint density at radius 3 is 1.95 bits per heavy atom. The highest BCUT2D eigenvalue weighted by atomic mass is 16.5. The summed E-state index contributed by atoms with van der Waals surface area (Å²) in [5.41, 5.74) is 0. The molecule has 2 amide bonds. The van der Waals surface area contributed by atoms with E-state index in [1.165, 1.54) is 0 Å². The Morgan fingerprint density at radius 2 is 1.43 bits per heavy atom. The zero-order valence-electron chi connectivity index (χ0n) is 12.8. The van der Waals surface area contributed by atoms with Crippen LogP contribution < -0.4 is 0 Å². The smallest absolute Gasteiger partial charge is 0.226 e. The van der Waals surface area contributed by atoms with E-state index in [1.807, 2.05) is 9.80 Å². The van der Waals surface area contributed by atoms with Crippen molar-refractivity contribution in [2.75, 3.05) is 59.0 Å². The fraction of sp³-hybridized carbons (Fsp3) is 0.867. The molecule has 2 heterocycles. The molecule has 0 radical (unpaired) electrons. The third-order valence-corrected chi connectivity index (χ3v) is 4.88. The fourth-order valence-corrected chi connectivity index (χ4v) is 3.28. The van der Waals surface area contributed by atoms with Crippen LogP contribution in [0.3, 0.4) is 0 Å². The molecule has 0 aromatic carbocycles. The molecule has 2 saturated heterocycles. The molecule has 3 aliphatic rings. The molecule has 3 rings (SSSR count). The quantitative estimate of drug-likeness (QED) is 0.714. The average molecular weight is 295 g/mol. The molecular formula is C15H25N3O3. The third-order valence-electron chi connectivity index (χ3n) is 4.88. The molecule has 6 heteroatoms. The topological polar surface area (TPSA) is 53.1 Å². The summed E-state index contributed by atoms with van der Waals surface area (Å²) in [4.78, 5) is 31.0. The summed E-state index contributed by atoms with van der Waals surface area (Å²) >= 11 is 0. The molecule has 1 saturated carbocycles. The van der Waals surface area contributed by atoms with E-state index in [0.717, 1.165) is 39.1 Å². The lowest BCUT2D eigenvalue weighted by Crippen LogP contribution is -2.49. The standard InChI is InChI=1S/C15H25N3O3/c1-2-16-3-5-17(6-4-16)14(19)12-11-13(12)15(20)18-7-9-21-10-8-18/h12-13H,2-11H2,1H3. The van der Waals surface area contributed by atoms with Gasteiger partial charge in [-0.3, -0.25) is 9.59 Å². The van der Waals surface area contributed by atoms with Gasteiger partial charge in [0.2, 0.25) is 11.8 Å². The Morgan fingerprint density at radius 1 is 0.905 bits per heavy atom. The van der Waals surface area contributed by atoms with Crippen LogP contribution in [-0.2, 0) is 14.3 Å². The molecule has 0 aromatic heterocycles. The van der Waals surface area contributed by atoms with Crippen molar-refractivity contribution in [1.82, 2.24) is 14.7 Å². The molecule has 3 fully saturated rings. The van der Waals surface area contributed by atoms with E-state index in [-0.39, 0.29) is 23.7 Å². The van der Waals surface area contributed by atoms with Crippen LogP contribution in [0, 0.1) is 11.8 Å². The van der Waals surface area contributed by atoms with E-state index in [4.69, 9.17) is 4.74 Å². The lowest BCUT2D eigenvalue weighted by atomic mass is 10.2. The number of piperazine rings is 1. The van der Waals surface area contributed by atoms with Crippen LogP contribution in [0.15, 0.2) is 0 Å². The van der Waals surface area contributed by atoms with Crippen LogP contribution in [0.2, 0.25) is 0 Å². The lowest BCUT2D eigenvalue weighted by molar-refractivity contribution is -0.141. The molecule has 2 atom stereocenters. The van der Waals surface area contributed by atoms with Crippen molar-refractivity contribution in [1.29, 1.82) is 0 Å². The van der Waals surface area contributed by atoms with Gasteiger partial charge in [-0.1, -0.05) is 6.92 Å². The molecule has 2 aliphatic heterocycles. The highest BCUT2D eigenvalue weighted by Gasteiger charge is 2.51. The number of morpholine rings is 1. The normalized spacial score (nSPS) is 30.3. The van der Waals surface area contributed by atoms with Crippen molar-refractivity contribution in [3.8, 4) is 0 Å². The van der Waals surface area contributed by atoms with Gasteiger partial charge < -0.3 is 19.4 Å². The second-order valence-electron chi connectivity index (χ2n) is 6.15. The summed E-state index contributed by atoms with van der Waals surface area (Å²) in [6.07, 6.45) is 0.739. The highest BCUT2D eigenvalue weighted by molar-refractivity contribution is 5.92. The number of ether oxygens (including phenoxy) is 1. The van der Waals surface area contributed by atoms with E-state index in [0.29, 0.717) is 26.3 Å². The van der Waals surface area contributed by atoms with Crippen LogP contribution in [0.25, 0.3) is 0 Å². The van der Waals surface area contributed by atoms with Gasteiger partial charge in [0.25, 0.3) is 0 Å². The van der Waals surface area contributed by atoms with Gasteiger partial charge in [0, 0.05) is 39.3 Å². The number of rotatable bonds is 3. The van der Waals surface area contributed by atoms with Gasteiger partial charge in [0.1, 0.15) is 0 Å². The number of nitrogens with zero attached hydrogens (tertiary/aromatic N) is 3. The summed E-state index contributed by atoms with van der Waals surface area (Å²) in [5.74, 6) is 0.217. The molecule has 0 aromatic rings. The fourth-order valence-electron chi connectivity index (χ4n) is 3.28. The zero-order chi connectivity index (χ0) is 14.8. The molecule has 2 unspecified atom stereocenters. The average Bonchev–Trinajstić information content (AvgIpc) is 3.35. The lowest BCUT2D eigenvalue weighted by Gasteiger charge is -2.34. The van der Waals surface area contributed by atoms with Crippen LogP contribution in [-0.4, -0.2) is 85.5 Å². The molecule has 1 aliphatic carbocycles. The first-order chi connectivity index (χ1) is 10.2. The number of carbonyl (C=O) groups excluding carboxylic acids is 2. The molecular weight excluding hydrogens is 270 g/mol. The molecule has 0 spiro atoms. The minimum Gasteiger partial charge on any atom is -0.378 e. The largest absolute Gasteiger partial charge is 0.378 e. The van der Waals surface area contributed by atoms with E-state index >= 15 is 0 Å². The summed E-state index contributed by atoms with van der Waals surface area (Å²) in [6, 6.07) is 0. The molecule has 0 N–H and O–H groups in total. The number of amides is 2. The van der Waals surface area contributed by atoms with Gasteiger partial charge >= 0.3 is 0 Å². The van der Waals surface area contributed by atoms with Crippen molar-refractivity contribution in [3.63, 3.8) is 0 Å². The second kappa shape index (κ2) is 6.32. The van der Waals surface area contributed by atoms with Crippen molar-refractivity contribution in [2.24, 2.45) is 11.8 Å². The Balaban J connectivity index is 1.48. The van der Waals surface area contributed by atoms with Crippen LogP contribution in [0.4, 0.5) is 0 Å². The predicted molar refractivity (Wildman–Crippen MR) is 77.7 cm³/mol. The van der Waals surface area contributed by atoms with Crippen molar-refractivity contribution in [2.45, 2.75) is 13.3 Å². The second-order valence-corrected chi connectivity index (χ2v) is 6.15. The van der Waals surface area contributed by atoms with Gasteiger partial charge in [-0.25, -0.2) is 0 Å². The van der Waals surface area contributed by atoms with Crippen molar-refractivity contribution >= 4 is 11.8 Å². The van der Waals surface area contributed by atoms with Gasteiger partial charge in [0.15, 0.2) is 0 Å².